The first kappa shape index (κ1) is 8.26. The number of esters is 1. The first-order chi connectivity index (χ1) is 6.11. The van der Waals surface area contributed by atoms with Crippen LogP contribution in [0.2, 0.25) is 0 Å². The molecule has 1 atom stereocenters. The number of carbonyl (C=O) groups is 1. The Labute approximate surface area is 76.0 Å². The van der Waals surface area contributed by atoms with Gasteiger partial charge in [0.1, 0.15) is 0 Å². The van der Waals surface area contributed by atoms with Crippen LogP contribution in [0.5, 0.6) is 0 Å². The molecule has 1 aromatic rings. The van der Waals surface area contributed by atoms with E-state index in [0.717, 1.165) is 11.1 Å². The van der Waals surface area contributed by atoms with E-state index in [1.54, 1.807) is 0 Å². The lowest BCUT2D eigenvalue weighted by atomic mass is 9.99. The highest BCUT2D eigenvalue weighted by atomic mass is 16.6. The van der Waals surface area contributed by atoms with Gasteiger partial charge < -0.3 is 9.84 Å². The minimum atomic E-state index is -1.08. The van der Waals surface area contributed by atoms with Crippen LogP contribution in [0.15, 0.2) is 12.1 Å². The Morgan fingerprint density at radius 3 is 2.54 bits per heavy atom. The standard InChI is InChI=1S/C10H10O3/c1-5-3-4-6(2)8-7(5)9(11)13-10(8)12/h3-4,9,11H,1-2H3/t9-/m1/s1. The Kier molecular flexibility index (Phi) is 1.63. The Balaban J connectivity index is 2.74. The number of benzene rings is 1. The van der Waals surface area contributed by atoms with E-state index < -0.39 is 12.3 Å². The van der Waals surface area contributed by atoms with Gasteiger partial charge in [0.15, 0.2) is 0 Å². The summed E-state index contributed by atoms with van der Waals surface area (Å²) in [6, 6.07) is 3.73. The number of ether oxygens (including phenoxy) is 1. The van der Waals surface area contributed by atoms with E-state index >= 15 is 0 Å². The van der Waals surface area contributed by atoms with Gasteiger partial charge in [0, 0.05) is 5.56 Å². The van der Waals surface area contributed by atoms with Crippen molar-refractivity contribution in [1.82, 2.24) is 0 Å². The fourth-order valence-corrected chi connectivity index (χ4v) is 1.64. The van der Waals surface area contributed by atoms with Crippen LogP contribution in [-0.2, 0) is 4.74 Å². The minimum Gasteiger partial charge on any atom is -0.428 e. The van der Waals surface area contributed by atoms with Crippen molar-refractivity contribution in [2.75, 3.05) is 0 Å². The number of rotatable bonds is 0. The summed E-state index contributed by atoms with van der Waals surface area (Å²) < 4.78 is 4.71. The summed E-state index contributed by atoms with van der Waals surface area (Å²) in [6.07, 6.45) is -1.08. The largest absolute Gasteiger partial charge is 0.428 e. The third-order valence-electron chi connectivity index (χ3n) is 2.34. The van der Waals surface area contributed by atoms with Gasteiger partial charge in [-0.15, -0.1) is 0 Å². The molecule has 68 valence electrons. The number of hydrogen-bond donors (Lipinski definition) is 1. The van der Waals surface area contributed by atoms with Crippen LogP contribution in [0.25, 0.3) is 0 Å². The van der Waals surface area contributed by atoms with Gasteiger partial charge in [-0.1, -0.05) is 12.1 Å². The molecule has 1 aromatic carbocycles. The maximum absolute atomic E-state index is 11.3. The van der Waals surface area contributed by atoms with Gasteiger partial charge in [-0.25, -0.2) is 4.79 Å². The molecule has 1 aliphatic heterocycles. The number of aliphatic hydroxyl groups is 1. The number of hydrogen-bond acceptors (Lipinski definition) is 3. The second-order valence-electron chi connectivity index (χ2n) is 3.25. The molecule has 1 heterocycles. The average Bonchev–Trinajstić information content (AvgIpc) is 2.36. The van der Waals surface area contributed by atoms with Crippen LogP contribution < -0.4 is 0 Å². The summed E-state index contributed by atoms with van der Waals surface area (Å²) >= 11 is 0. The Morgan fingerprint density at radius 1 is 1.31 bits per heavy atom. The molecule has 0 saturated heterocycles. The molecule has 0 fully saturated rings. The Morgan fingerprint density at radius 2 is 1.92 bits per heavy atom. The van der Waals surface area contributed by atoms with E-state index in [-0.39, 0.29) is 0 Å². The lowest BCUT2D eigenvalue weighted by Crippen LogP contribution is -1.97. The monoisotopic (exact) mass is 178 g/mol. The molecule has 0 aromatic heterocycles. The van der Waals surface area contributed by atoms with Crippen molar-refractivity contribution in [2.24, 2.45) is 0 Å². The van der Waals surface area contributed by atoms with Crippen molar-refractivity contribution in [3.8, 4) is 0 Å². The smallest absolute Gasteiger partial charge is 0.341 e. The highest BCUT2D eigenvalue weighted by Gasteiger charge is 2.32. The van der Waals surface area contributed by atoms with Gasteiger partial charge >= 0.3 is 5.97 Å². The zero-order valence-electron chi connectivity index (χ0n) is 7.50. The van der Waals surface area contributed by atoms with Crippen molar-refractivity contribution in [3.63, 3.8) is 0 Å². The predicted molar refractivity (Wildman–Crippen MR) is 46.3 cm³/mol. The number of carbonyl (C=O) groups excluding carboxylic acids is 1. The lowest BCUT2D eigenvalue weighted by molar-refractivity contribution is -0.0550. The van der Waals surface area contributed by atoms with Gasteiger partial charge in [-0.3, -0.25) is 0 Å². The van der Waals surface area contributed by atoms with Crippen LogP contribution in [0.1, 0.15) is 33.3 Å². The first-order valence-electron chi connectivity index (χ1n) is 4.10. The van der Waals surface area contributed by atoms with Crippen molar-refractivity contribution in [2.45, 2.75) is 20.1 Å². The highest BCUT2D eigenvalue weighted by Crippen LogP contribution is 2.33. The zero-order chi connectivity index (χ0) is 9.59. The maximum atomic E-state index is 11.3. The van der Waals surface area contributed by atoms with Crippen molar-refractivity contribution in [1.29, 1.82) is 0 Å². The second-order valence-corrected chi connectivity index (χ2v) is 3.25. The molecular formula is C10H10O3. The molecule has 0 aliphatic carbocycles. The predicted octanol–water partition coefficient (Wildman–Crippen LogP) is 1.46. The third kappa shape index (κ3) is 1.04. The average molecular weight is 178 g/mol. The van der Waals surface area contributed by atoms with Crippen LogP contribution in [0.4, 0.5) is 0 Å². The molecule has 0 amide bonds. The Hall–Kier alpha value is -1.35. The lowest BCUT2D eigenvalue weighted by Gasteiger charge is -2.05. The van der Waals surface area contributed by atoms with E-state index in [1.807, 2.05) is 26.0 Å². The molecule has 0 radical (unpaired) electrons. The van der Waals surface area contributed by atoms with E-state index in [4.69, 9.17) is 4.74 Å². The van der Waals surface area contributed by atoms with E-state index in [9.17, 15) is 9.90 Å². The van der Waals surface area contributed by atoms with Crippen molar-refractivity contribution >= 4 is 5.97 Å². The van der Waals surface area contributed by atoms with Gasteiger partial charge in [0.05, 0.1) is 5.56 Å². The van der Waals surface area contributed by atoms with E-state index in [2.05, 4.69) is 0 Å². The van der Waals surface area contributed by atoms with Gasteiger partial charge in [-0.2, -0.15) is 0 Å². The number of cyclic esters (lactones) is 1. The molecule has 3 heteroatoms. The summed E-state index contributed by atoms with van der Waals surface area (Å²) in [5.74, 6) is -0.427. The molecule has 0 saturated carbocycles. The quantitative estimate of drug-likeness (QED) is 0.612. The molecule has 13 heavy (non-hydrogen) atoms. The van der Waals surface area contributed by atoms with Crippen LogP contribution >= 0.6 is 0 Å². The van der Waals surface area contributed by atoms with Crippen molar-refractivity contribution in [3.05, 3.63) is 34.4 Å². The molecule has 0 spiro atoms. The fourth-order valence-electron chi connectivity index (χ4n) is 1.64. The summed E-state index contributed by atoms with van der Waals surface area (Å²) in [7, 11) is 0. The van der Waals surface area contributed by atoms with Gasteiger partial charge in [0.25, 0.3) is 0 Å². The number of aryl methyl sites for hydroxylation is 2. The topological polar surface area (TPSA) is 46.5 Å². The Bertz CT molecular complexity index is 382. The number of aliphatic hydroxyl groups excluding tert-OH is 1. The van der Waals surface area contributed by atoms with Gasteiger partial charge in [-0.05, 0) is 25.0 Å². The molecule has 0 bridgehead atoms. The summed E-state index contributed by atoms with van der Waals surface area (Å²) in [6.45, 7) is 3.68. The SMILES string of the molecule is Cc1ccc(C)c2c1C(=O)O[C@H]2O. The van der Waals surface area contributed by atoms with Crippen LogP contribution in [0, 0.1) is 13.8 Å². The second kappa shape index (κ2) is 2.57. The zero-order valence-corrected chi connectivity index (χ0v) is 7.50. The molecule has 1 aliphatic rings. The summed E-state index contributed by atoms with van der Waals surface area (Å²) in [5, 5.41) is 9.41. The van der Waals surface area contributed by atoms with E-state index in [1.165, 1.54) is 0 Å². The first-order valence-corrected chi connectivity index (χ1v) is 4.10. The summed E-state index contributed by atoms with van der Waals surface area (Å²) in [4.78, 5) is 11.3. The third-order valence-corrected chi connectivity index (χ3v) is 2.34. The molecule has 2 rings (SSSR count). The molecule has 3 nitrogen and oxygen atoms in total. The van der Waals surface area contributed by atoms with Crippen LogP contribution in [0.3, 0.4) is 0 Å². The fraction of sp³-hybridized carbons (Fsp3) is 0.300. The number of fused-ring (bicyclic) bond motifs is 1. The van der Waals surface area contributed by atoms with Crippen LogP contribution in [-0.4, -0.2) is 11.1 Å². The molecule has 1 N–H and O–H groups in total. The summed E-state index contributed by atoms with van der Waals surface area (Å²) in [5.41, 5.74) is 2.87. The molecular weight excluding hydrogens is 168 g/mol. The molecule has 0 unspecified atom stereocenters. The highest BCUT2D eigenvalue weighted by molar-refractivity contribution is 5.95. The van der Waals surface area contributed by atoms with Crippen molar-refractivity contribution < 1.29 is 14.6 Å². The van der Waals surface area contributed by atoms with E-state index in [0.29, 0.717) is 11.1 Å². The minimum absolute atomic E-state index is 0.427. The maximum Gasteiger partial charge on any atom is 0.341 e. The van der Waals surface area contributed by atoms with Gasteiger partial charge in [0.2, 0.25) is 6.29 Å². The normalized spacial score (nSPS) is 19.9.